The van der Waals surface area contributed by atoms with Crippen LogP contribution in [-0.2, 0) is 35.2 Å². The van der Waals surface area contributed by atoms with E-state index < -0.39 is 84.3 Å². The number of nitrogens with two attached hydrogens (primary N) is 1. The van der Waals surface area contributed by atoms with Gasteiger partial charge in [-0.25, -0.2) is 0 Å². The summed E-state index contributed by atoms with van der Waals surface area (Å²) in [5, 5.41) is 28.7. The molecule has 0 aromatic heterocycles. The van der Waals surface area contributed by atoms with Crippen molar-refractivity contribution in [2.75, 3.05) is 13.2 Å². The van der Waals surface area contributed by atoms with Gasteiger partial charge in [-0.15, -0.1) is 0 Å². The maximum absolute atomic E-state index is 13.6. The highest BCUT2D eigenvalue weighted by molar-refractivity contribution is 5.97. The number of unbranched alkanes of at least 4 members (excludes halogenated alkanes) is 1. The topological polar surface area (TPSA) is 205 Å². The second-order valence-corrected chi connectivity index (χ2v) is 13.7. The number of fused-ring (bicyclic) bond motifs is 1. The zero-order chi connectivity index (χ0) is 36.8. The van der Waals surface area contributed by atoms with E-state index in [2.05, 4.69) is 16.0 Å². The summed E-state index contributed by atoms with van der Waals surface area (Å²) < 4.78 is 0. The number of nitrogens with one attached hydrogen (secondary N) is 3. The van der Waals surface area contributed by atoms with Crippen molar-refractivity contribution in [1.29, 1.82) is 0 Å². The largest absolute Gasteiger partial charge is 0.396 e. The first-order valence-electron chi connectivity index (χ1n) is 17.3. The second-order valence-electron chi connectivity index (χ2n) is 13.7. The van der Waals surface area contributed by atoms with Gasteiger partial charge in [0, 0.05) is 32.1 Å². The molecule has 272 valence electrons. The number of carbonyl (C=O) groups excluding carboxylic acids is 6. The smallest absolute Gasteiger partial charge is 0.226 e. The van der Waals surface area contributed by atoms with Gasteiger partial charge in [0.15, 0.2) is 17.3 Å². The van der Waals surface area contributed by atoms with Crippen LogP contribution in [0.15, 0.2) is 30.3 Å². The van der Waals surface area contributed by atoms with Crippen molar-refractivity contribution >= 4 is 40.6 Å². The van der Waals surface area contributed by atoms with Crippen molar-refractivity contribution in [2.24, 2.45) is 29.4 Å². The molecule has 1 aromatic rings. The number of hydrogen-bond donors (Lipinski definition) is 6. The molecule has 0 unspecified atom stereocenters. The van der Waals surface area contributed by atoms with Crippen LogP contribution in [0.1, 0.15) is 91.2 Å². The molecule has 1 aliphatic rings. The normalized spacial score (nSPS) is 16.1. The van der Waals surface area contributed by atoms with Gasteiger partial charge in [-0.1, -0.05) is 58.0 Å². The third kappa shape index (κ3) is 12.6. The molecule has 0 spiro atoms. The van der Waals surface area contributed by atoms with E-state index in [1.54, 1.807) is 27.7 Å². The van der Waals surface area contributed by atoms with E-state index in [-0.39, 0.29) is 24.5 Å². The molecule has 0 heterocycles. The standard InChI is InChI=1S/C37H56N4O8/c1-21(2)34(41-36(48)27(20-42)18-32(45)30(39-24(6)44)13-9-10-16-38)33(46)19-29(23(5)43)37(49)40-31(35(47)22(3)4)17-26-15-14-25-11-7-8-12-28(25)26/h7-8,11-12,15,21-23,27,29-31,34,42-43H,9-10,13-14,16-20,38H2,1-6H3,(H,39,44)(H,40,49)(H,41,48)/t23-,27+,29+,30+,31+,34+/m1/s1. The number of ketones is 3. The molecular formula is C37H56N4O8. The number of rotatable bonds is 22. The van der Waals surface area contributed by atoms with Crippen LogP contribution in [0.25, 0.3) is 5.57 Å². The van der Waals surface area contributed by atoms with Gasteiger partial charge in [-0.3, -0.25) is 28.8 Å². The maximum atomic E-state index is 13.6. The number of benzene rings is 1. The summed E-state index contributed by atoms with van der Waals surface area (Å²) in [5.41, 5.74) is 8.65. The quantitative estimate of drug-likeness (QED) is 0.0988. The van der Waals surface area contributed by atoms with Gasteiger partial charge in [0.1, 0.15) is 0 Å². The Bertz CT molecular complexity index is 1360. The highest BCUT2D eigenvalue weighted by Crippen LogP contribution is 2.31. The zero-order valence-electron chi connectivity index (χ0n) is 29.8. The molecule has 6 atom stereocenters. The van der Waals surface area contributed by atoms with Crippen LogP contribution in [0, 0.1) is 23.7 Å². The first-order valence-corrected chi connectivity index (χ1v) is 17.3. The molecule has 0 bridgehead atoms. The summed E-state index contributed by atoms with van der Waals surface area (Å²) in [7, 11) is 0. The summed E-state index contributed by atoms with van der Waals surface area (Å²) >= 11 is 0. The fourth-order valence-corrected chi connectivity index (χ4v) is 6.06. The lowest BCUT2D eigenvalue weighted by molar-refractivity contribution is -0.138. The summed E-state index contributed by atoms with van der Waals surface area (Å²) in [6.07, 6.45) is 2.57. The summed E-state index contributed by atoms with van der Waals surface area (Å²) in [6, 6.07) is 5.06. The summed E-state index contributed by atoms with van der Waals surface area (Å²) in [5.74, 6) is -6.10. The molecule has 3 amide bonds. The SMILES string of the molecule is CC(=O)N[C@@H](CCCCN)C(=O)C[C@@H](CO)C(=O)N[C@H](C(=O)C[C@H](C(=O)N[C@@H](CC1=CCc2ccccc21)C(=O)C(C)C)[C@@H](C)O)C(C)C. The van der Waals surface area contributed by atoms with Crippen LogP contribution < -0.4 is 21.7 Å². The van der Waals surface area contributed by atoms with Gasteiger partial charge in [-0.2, -0.15) is 0 Å². The number of carbonyl (C=O) groups is 6. The van der Waals surface area contributed by atoms with Gasteiger partial charge in [0.25, 0.3) is 0 Å². The predicted molar refractivity (Wildman–Crippen MR) is 187 cm³/mol. The van der Waals surface area contributed by atoms with Crippen LogP contribution in [0.2, 0.25) is 0 Å². The van der Waals surface area contributed by atoms with Gasteiger partial charge < -0.3 is 31.9 Å². The molecular weight excluding hydrogens is 628 g/mol. The Hall–Kier alpha value is -3.74. The van der Waals surface area contributed by atoms with Crippen LogP contribution >= 0.6 is 0 Å². The van der Waals surface area contributed by atoms with Crippen LogP contribution in [0.4, 0.5) is 0 Å². The molecule has 0 radical (unpaired) electrons. The fraction of sp³-hybridized carbons (Fsp3) is 0.622. The van der Waals surface area contributed by atoms with E-state index in [4.69, 9.17) is 5.73 Å². The minimum absolute atomic E-state index is 0.175. The zero-order valence-corrected chi connectivity index (χ0v) is 29.8. The molecule has 1 aliphatic carbocycles. The number of aliphatic hydroxyl groups excluding tert-OH is 2. The van der Waals surface area contributed by atoms with Gasteiger partial charge in [0.2, 0.25) is 17.7 Å². The summed E-state index contributed by atoms with van der Waals surface area (Å²) in [6.45, 7) is 9.34. The third-order valence-corrected chi connectivity index (χ3v) is 8.99. The van der Waals surface area contributed by atoms with Crippen molar-refractivity contribution in [3.63, 3.8) is 0 Å². The molecule has 0 saturated heterocycles. The molecule has 0 fully saturated rings. The van der Waals surface area contributed by atoms with E-state index >= 15 is 0 Å². The minimum atomic E-state index is -1.25. The van der Waals surface area contributed by atoms with E-state index in [0.29, 0.717) is 25.8 Å². The number of aliphatic hydroxyl groups is 2. The van der Waals surface area contributed by atoms with E-state index in [1.807, 2.05) is 30.3 Å². The average Bonchev–Trinajstić information content (AvgIpc) is 3.45. The number of amides is 3. The summed E-state index contributed by atoms with van der Waals surface area (Å²) in [4.78, 5) is 78.5. The Labute approximate surface area is 290 Å². The van der Waals surface area contributed by atoms with Crippen LogP contribution in [0.5, 0.6) is 0 Å². The van der Waals surface area contributed by atoms with Crippen LogP contribution in [0.3, 0.4) is 0 Å². The van der Waals surface area contributed by atoms with Crippen molar-refractivity contribution < 1.29 is 39.0 Å². The molecule has 12 heteroatoms. The van der Waals surface area contributed by atoms with E-state index in [1.165, 1.54) is 13.8 Å². The monoisotopic (exact) mass is 684 g/mol. The van der Waals surface area contributed by atoms with E-state index in [0.717, 1.165) is 23.1 Å². The predicted octanol–water partition coefficient (Wildman–Crippen LogP) is 2.02. The van der Waals surface area contributed by atoms with Crippen LogP contribution in [-0.4, -0.2) is 82.7 Å². The third-order valence-electron chi connectivity index (χ3n) is 8.99. The molecule has 1 aromatic carbocycles. The van der Waals surface area contributed by atoms with Crippen molar-refractivity contribution in [1.82, 2.24) is 16.0 Å². The Morgan fingerprint density at radius 2 is 1.53 bits per heavy atom. The molecule has 2 rings (SSSR count). The Kier molecular flexibility index (Phi) is 17.0. The lowest BCUT2D eigenvalue weighted by Gasteiger charge is -2.28. The second kappa shape index (κ2) is 20.1. The molecule has 12 nitrogen and oxygen atoms in total. The van der Waals surface area contributed by atoms with Crippen molar-refractivity contribution in [3.8, 4) is 0 Å². The molecule has 49 heavy (non-hydrogen) atoms. The lowest BCUT2D eigenvalue weighted by atomic mass is 9.87. The molecule has 0 aliphatic heterocycles. The molecule has 7 N–H and O–H groups in total. The maximum Gasteiger partial charge on any atom is 0.226 e. The highest BCUT2D eigenvalue weighted by Gasteiger charge is 2.36. The van der Waals surface area contributed by atoms with Gasteiger partial charge >= 0.3 is 0 Å². The number of hydrogen-bond acceptors (Lipinski definition) is 9. The minimum Gasteiger partial charge on any atom is -0.396 e. The first-order chi connectivity index (χ1) is 23.1. The Balaban J connectivity index is 2.16. The average molecular weight is 685 g/mol. The number of allylic oxidation sites excluding steroid dienone is 1. The Morgan fingerprint density at radius 3 is 2.10 bits per heavy atom. The highest BCUT2D eigenvalue weighted by atomic mass is 16.3. The number of Topliss-reactive ketones (excluding diaryl/α,β-unsaturated/α-hetero) is 3. The lowest BCUT2D eigenvalue weighted by Crippen LogP contribution is -2.51. The van der Waals surface area contributed by atoms with Crippen molar-refractivity contribution in [3.05, 3.63) is 41.5 Å². The van der Waals surface area contributed by atoms with Gasteiger partial charge in [0.05, 0.1) is 42.7 Å². The van der Waals surface area contributed by atoms with E-state index in [9.17, 15) is 39.0 Å². The van der Waals surface area contributed by atoms with Gasteiger partial charge in [-0.05, 0) is 61.8 Å². The fourth-order valence-electron chi connectivity index (χ4n) is 6.06. The first kappa shape index (κ1) is 41.4. The molecule has 0 saturated carbocycles. The Morgan fingerprint density at radius 1 is 0.857 bits per heavy atom. The van der Waals surface area contributed by atoms with Crippen molar-refractivity contribution in [2.45, 2.75) is 111 Å².